The molecule has 0 spiro atoms. The van der Waals surface area contributed by atoms with Gasteiger partial charge in [0.2, 0.25) is 5.78 Å². The third-order valence-electron chi connectivity index (χ3n) is 3.73. The minimum Gasteiger partial charge on any atom is -0.279 e. The Morgan fingerprint density at radius 1 is 1.28 bits per heavy atom. The first-order chi connectivity index (χ1) is 8.68. The van der Waals surface area contributed by atoms with Gasteiger partial charge in [-0.15, -0.1) is 21.5 Å². The second-order valence-corrected chi connectivity index (χ2v) is 5.87. The molecule has 5 nitrogen and oxygen atoms in total. The Morgan fingerprint density at radius 2 is 2.11 bits per heavy atom. The molecule has 0 saturated carbocycles. The summed E-state index contributed by atoms with van der Waals surface area (Å²) in [7, 11) is 1.77. The first-order valence-corrected chi connectivity index (χ1v) is 6.85. The van der Waals surface area contributed by atoms with Gasteiger partial charge in [-0.25, -0.2) is 0 Å². The van der Waals surface area contributed by atoms with Gasteiger partial charge in [0, 0.05) is 11.9 Å². The standard InChI is InChI=1S/C12H12N4OS/c1-6-13-14-12-15(2)10(17)9-7-4-3-5-8(7)18-11(9)16(6)12/h3-5H2,1-2H3. The van der Waals surface area contributed by atoms with Crippen molar-refractivity contribution in [2.24, 2.45) is 7.05 Å². The number of thiophene rings is 1. The predicted molar refractivity (Wildman–Crippen MR) is 70.4 cm³/mol. The third kappa shape index (κ3) is 1.04. The largest absolute Gasteiger partial charge is 0.279 e. The van der Waals surface area contributed by atoms with Gasteiger partial charge in [0.05, 0.1) is 5.39 Å². The molecule has 92 valence electrons. The average molecular weight is 260 g/mol. The first kappa shape index (κ1) is 10.3. The molecule has 0 atom stereocenters. The quantitative estimate of drug-likeness (QED) is 0.614. The number of aryl methyl sites for hydroxylation is 4. The molecule has 3 heterocycles. The summed E-state index contributed by atoms with van der Waals surface area (Å²) >= 11 is 1.73. The van der Waals surface area contributed by atoms with Crippen LogP contribution in [0.5, 0.6) is 0 Å². The maximum absolute atomic E-state index is 12.5. The zero-order valence-corrected chi connectivity index (χ0v) is 11.0. The minimum atomic E-state index is 0.0595. The first-order valence-electron chi connectivity index (χ1n) is 6.03. The summed E-state index contributed by atoms with van der Waals surface area (Å²) in [4.78, 5) is 14.8. The highest BCUT2D eigenvalue weighted by Crippen LogP contribution is 2.35. The van der Waals surface area contributed by atoms with E-state index in [1.165, 1.54) is 16.9 Å². The summed E-state index contributed by atoms with van der Waals surface area (Å²) in [5.41, 5.74) is 1.31. The zero-order valence-electron chi connectivity index (χ0n) is 10.2. The summed E-state index contributed by atoms with van der Waals surface area (Å²) in [5.74, 6) is 1.47. The van der Waals surface area contributed by atoms with Gasteiger partial charge in [0.1, 0.15) is 10.7 Å². The molecule has 0 bridgehead atoms. The number of fused-ring (bicyclic) bond motifs is 5. The van der Waals surface area contributed by atoms with Crippen molar-refractivity contribution in [1.82, 2.24) is 19.2 Å². The topological polar surface area (TPSA) is 52.2 Å². The number of rotatable bonds is 0. The van der Waals surface area contributed by atoms with Gasteiger partial charge in [-0.3, -0.25) is 13.8 Å². The fourth-order valence-electron chi connectivity index (χ4n) is 2.83. The fourth-order valence-corrected chi connectivity index (χ4v) is 4.26. The maximum Gasteiger partial charge on any atom is 0.263 e. The second-order valence-electron chi connectivity index (χ2n) is 4.78. The molecule has 0 aromatic carbocycles. The molecule has 0 N–H and O–H groups in total. The van der Waals surface area contributed by atoms with E-state index in [2.05, 4.69) is 10.2 Å². The van der Waals surface area contributed by atoms with E-state index in [4.69, 9.17) is 0 Å². The van der Waals surface area contributed by atoms with Crippen molar-refractivity contribution < 1.29 is 0 Å². The summed E-state index contributed by atoms with van der Waals surface area (Å²) in [6.07, 6.45) is 3.29. The monoisotopic (exact) mass is 260 g/mol. The molecule has 0 amide bonds. The van der Waals surface area contributed by atoms with Gasteiger partial charge in [-0.1, -0.05) is 0 Å². The van der Waals surface area contributed by atoms with E-state index in [9.17, 15) is 4.79 Å². The molecule has 0 aliphatic heterocycles. The Labute approximate surface area is 107 Å². The zero-order chi connectivity index (χ0) is 12.4. The Morgan fingerprint density at radius 3 is 2.94 bits per heavy atom. The summed E-state index contributed by atoms with van der Waals surface area (Å²) in [6, 6.07) is 0. The van der Waals surface area contributed by atoms with E-state index in [0.717, 1.165) is 28.9 Å². The molecule has 1 aliphatic carbocycles. The SMILES string of the molecule is Cc1nnc2n(C)c(=O)c3c4c(sc3n12)CCC4. The van der Waals surface area contributed by atoms with Crippen LogP contribution < -0.4 is 5.56 Å². The minimum absolute atomic E-state index is 0.0595. The smallest absolute Gasteiger partial charge is 0.263 e. The van der Waals surface area contributed by atoms with Crippen LogP contribution in [0.3, 0.4) is 0 Å². The van der Waals surface area contributed by atoms with Crippen LogP contribution in [0.15, 0.2) is 4.79 Å². The molecule has 1 aliphatic rings. The molecule has 6 heteroatoms. The van der Waals surface area contributed by atoms with Gasteiger partial charge in [0.15, 0.2) is 0 Å². The summed E-state index contributed by atoms with van der Waals surface area (Å²) in [6.45, 7) is 1.93. The molecular formula is C12H12N4OS. The Balaban J connectivity index is 2.37. The van der Waals surface area contributed by atoms with Crippen molar-refractivity contribution in [3.63, 3.8) is 0 Å². The highest BCUT2D eigenvalue weighted by atomic mass is 32.1. The highest BCUT2D eigenvalue weighted by molar-refractivity contribution is 7.19. The van der Waals surface area contributed by atoms with Crippen molar-refractivity contribution in [3.8, 4) is 0 Å². The van der Waals surface area contributed by atoms with E-state index in [-0.39, 0.29) is 5.56 Å². The van der Waals surface area contributed by atoms with Crippen molar-refractivity contribution >= 4 is 27.3 Å². The fraction of sp³-hybridized carbons (Fsp3) is 0.417. The predicted octanol–water partition coefficient (Wildman–Crippen LogP) is 1.44. The Bertz CT molecular complexity index is 855. The van der Waals surface area contributed by atoms with Crippen LogP contribution in [-0.4, -0.2) is 19.2 Å². The highest BCUT2D eigenvalue weighted by Gasteiger charge is 2.23. The van der Waals surface area contributed by atoms with E-state index in [1.54, 1.807) is 23.0 Å². The van der Waals surface area contributed by atoms with Crippen LogP contribution >= 0.6 is 11.3 Å². The molecule has 18 heavy (non-hydrogen) atoms. The van der Waals surface area contributed by atoms with Crippen LogP contribution in [-0.2, 0) is 19.9 Å². The molecular weight excluding hydrogens is 248 g/mol. The van der Waals surface area contributed by atoms with Crippen LogP contribution in [0.25, 0.3) is 16.0 Å². The van der Waals surface area contributed by atoms with E-state index >= 15 is 0 Å². The molecule has 0 unspecified atom stereocenters. The molecule has 0 saturated heterocycles. The van der Waals surface area contributed by atoms with Crippen LogP contribution in [0.4, 0.5) is 0 Å². The maximum atomic E-state index is 12.5. The Hall–Kier alpha value is -1.69. The Kier molecular flexibility index (Phi) is 1.82. The van der Waals surface area contributed by atoms with Crippen molar-refractivity contribution in [2.45, 2.75) is 26.2 Å². The molecule has 0 radical (unpaired) electrons. The van der Waals surface area contributed by atoms with Gasteiger partial charge < -0.3 is 0 Å². The lowest BCUT2D eigenvalue weighted by Crippen LogP contribution is -2.20. The number of aromatic nitrogens is 4. The third-order valence-corrected chi connectivity index (χ3v) is 5.01. The molecule has 3 aromatic heterocycles. The number of hydrogen-bond acceptors (Lipinski definition) is 4. The van der Waals surface area contributed by atoms with Gasteiger partial charge >= 0.3 is 0 Å². The van der Waals surface area contributed by atoms with Crippen LogP contribution in [0.2, 0.25) is 0 Å². The van der Waals surface area contributed by atoms with Gasteiger partial charge in [-0.2, -0.15) is 0 Å². The van der Waals surface area contributed by atoms with Gasteiger partial charge in [0.25, 0.3) is 5.56 Å². The lowest BCUT2D eigenvalue weighted by molar-refractivity contribution is 0.856. The number of hydrogen-bond donors (Lipinski definition) is 0. The second kappa shape index (κ2) is 3.20. The van der Waals surface area contributed by atoms with E-state index < -0.39 is 0 Å². The number of nitrogens with zero attached hydrogens (tertiary/aromatic N) is 4. The average Bonchev–Trinajstić information content (AvgIpc) is 2.98. The molecule has 4 rings (SSSR count). The lowest BCUT2D eigenvalue weighted by atomic mass is 10.2. The van der Waals surface area contributed by atoms with E-state index in [1.807, 2.05) is 11.3 Å². The van der Waals surface area contributed by atoms with E-state index in [0.29, 0.717) is 5.78 Å². The molecule has 0 fully saturated rings. The normalized spacial score (nSPS) is 14.8. The van der Waals surface area contributed by atoms with Crippen molar-refractivity contribution in [3.05, 3.63) is 26.6 Å². The lowest BCUT2D eigenvalue weighted by Gasteiger charge is -2.03. The van der Waals surface area contributed by atoms with Crippen LogP contribution in [0.1, 0.15) is 22.7 Å². The molecule has 3 aromatic rings. The van der Waals surface area contributed by atoms with Crippen molar-refractivity contribution in [2.75, 3.05) is 0 Å². The van der Waals surface area contributed by atoms with Gasteiger partial charge in [-0.05, 0) is 31.7 Å². The van der Waals surface area contributed by atoms with Crippen LogP contribution in [0, 0.1) is 6.92 Å². The summed E-state index contributed by atoms with van der Waals surface area (Å²) < 4.78 is 3.60. The van der Waals surface area contributed by atoms with Crippen molar-refractivity contribution in [1.29, 1.82) is 0 Å². The summed E-state index contributed by atoms with van der Waals surface area (Å²) in [5, 5.41) is 9.06.